The van der Waals surface area contributed by atoms with Crippen molar-refractivity contribution in [1.29, 1.82) is 0 Å². The number of nitrogens with two attached hydrogens (primary N) is 1. The minimum atomic E-state index is -0.438. The van der Waals surface area contributed by atoms with Crippen molar-refractivity contribution in [1.82, 2.24) is 5.32 Å². The van der Waals surface area contributed by atoms with Crippen LogP contribution in [0.25, 0.3) is 0 Å². The third-order valence-corrected chi connectivity index (χ3v) is 2.82. The average molecular weight is 200 g/mol. The Hall–Kier alpha value is -0.570. The first-order valence-electron chi connectivity index (χ1n) is 5.44. The maximum atomic E-state index is 11.0. The van der Waals surface area contributed by atoms with Gasteiger partial charge in [0.1, 0.15) is 0 Å². The Labute approximate surface area is 87.4 Å². The molecule has 0 heterocycles. The Kier molecular flexibility index (Phi) is 5.77. The zero-order valence-electron chi connectivity index (χ0n) is 9.89. The Balaban J connectivity index is 3.78. The fraction of sp³-hybridized carbons (Fsp3) is 0.909. The normalized spacial score (nSPS) is 12.1. The lowest BCUT2D eigenvalue weighted by Gasteiger charge is -2.22. The van der Waals surface area contributed by atoms with E-state index in [4.69, 9.17) is 5.73 Å². The fourth-order valence-electron chi connectivity index (χ4n) is 1.25. The lowest BCUT2D eigenvalue weighted by molar-refractivity contribution is -0.125. The van der Waals surface area contributed by atoms with Crippen LogP contribution in [0.1, 0.15) is 40.5 Å². The molecule has 0 atom stereocenters. The van der Waals surface area contributed by atoms with Gasteiger partial charge >= 0.3 is 0 Å². The van der Waals surface area contributed by atoms with Gasteiger partial charge in [-0.2, -0.15) is 0 Å². The van der Waals surface area contributed by atoms with Crippen molar-refractivity contribution in [2.75, 3.05) is 13.1 Å². The molecule has 0 aromatic heterocycles. The van der Waals surface area contributed by atoms with Crippen LogP contribution < -0.4 is 11.1 Å². The number of rotatable bonds is 7. The van der Waals surface area contributed by atoms with E-state index in [1.165, 1.54) is 12.8 Å². The van der Waals surface area contributed by atoms with Gasteiger partial charge in [-0.05, 0) is 26.3 Å². The van der Waals surface area contributed by atoms with Crippen LogP contribution >= 0.6 is 0 Å². The summed E-state index contributed by atoms with van der Waals surface area (Å²) in [4.78, 5) is 11.0. The number of carbonyl (C=O) groups is 1. The van der Waals surface area contributed by atoms with E-state index in [0.29, 0.717) is 12.5 Å². The molecule has 3 nitrogen and oxygen atoms in total. The molecule has 0 spiro atoms. The van der Waals surface area contributed by atoms with E-state index >= 15 is 0 Å². The molecule has 0 unspecified atom stereocenters. The second-order valence-electron chi connectivity index (χ2n) is 4.56. The quantitative estimate of drug-likeness (QED) is 0.654. The van der Waals surface area contributed by atoms with E-state index < -0.39 is 5.41 Å². The van der Waals surface area contributed by atoms with Gasteiger partial charge in [-0.15, -0.1) is 0 Å². The van der Waals surface area contributed by atoms with Crippen molar-refractivity contribution in [2.24, 2.45) is 17.1 Å². The molecule has 1 amide bonds. The maximum absolute atomic E-state index is 11.0. The van der Waals surface area contributed by atoms with E-state index in [9.17, 15) is 4.79 Å². The summed E-state index contributed by atoms with van der Waals surface area (Å²) in [6, 6.07) is 0. The van der Waals surface area contributed by atoms with Gasteiger partial charge in [0.15, 0.2) is 0 Å². The van der Waals surface area contributed by atoms with Crippen molar-refractivity contribution in [3.63, 3.8) is 0 Å². The molecule has 3 N–H and O–H groups in total. The molecule has 0 aromatic rings. The summed E-state index contributed by atoms with van der Waals surface area (Å²) >= 11 is 0. The van der Waals surface area contributed by atoms with E-state index in [0.717, 1.165) is 6.54 Å². The van der Waals surface area contributed by atoms with Crippen LogP contribution in [-0.2, 0) is 4.79 Å². The van der Waals surface area contributed by atoms with E-state index in [1.807, 2.05) is 13.8 Å². The van der Waals surface area contributed by atoms with Crippen LogP contribution in [0.2, 0.25) is 0 Å². The predicted molar refractivity (Wildman–Crippen MR) is 59.9 cm³/mol. The number of nitrogens with one attached hydrogen (secondary N) is 1. The van der Waals surface area contributed by atoms with Crippen molar-refractivity contribution < 1.29 is 4.79 Å². The van der Waals surface area contributed by atoms with Crippen LogP contribution in [-0.4, -0.2) is 19.0 Å². The average Bonchev–Trinajstić information content (AvgIpc) is 2.12. The largest absolute Gasteiger partial charge is 0.369 e. The standard InChI is InChI=1S/C11H24N2O/c1-5-9(6-2)7-13-8-11(3,4)10(12)14/h9,13H,5-8H2,1-4H3,(H2,12,14). The van der Waals surface area contributed by atoms with E-state index in [1.54, 1.807) is 0 Å². The van der Waals surface area contributed by atoms with Crippen LogP contribution in [0.5, 0.6) is 0 Å². The Morgan fingerprint density at radius 1 is 1.36 bits per heavy atom. The summed E-state index contributed by atoms with van der Waals surface area (Å²) in [5, 5.41) is 3.31. The molecule has 0 radical (unpaired) electrons. The van der Waals surface area contributed by atoms with Crippen molar-refractivity contribution >= 4 is 5.91 Å². The topological polar surface area (TPSA) is 55.1 Å². The highest BCUT2D eigenvalue weighted by Gasteiger charge is 2.24. The molecule has 0 aromatic carbocycles. The van der Waals surface area contributed by atoms with Crippen LogP contribution in [0.3, 0.4) is 0 Å². The molecule has 0 fully saturated rings. The Morgan fingerprint density at radius 2 is 1.86 bits per heavy atom. The van der Waals surface area contributed by atoms with Gasteiger partial charge < -0.3 is 11.1 Å². The summed E-state index contributed by atoms with van der Waals surface area (Å²) in [7, 11) is 0. The van der Waals surface area contributed by atoms with Crippen molar-refractivity contribution in [3.8, 4) is 0 Å². The zero-order chi connectivity index (χ0) is 11.2. The minimum absolute atomic E-state index is 0.241. The molecule has 3 heteroatoms. The van der Waals surface area contributed by atoms with E-state index in [2.05, 4.69) is 19.2 Å². The third kappa shape index (κ3) is 4.61. The summed E-state index contributed by atoms with van der Waals surface area (Å²) in [5.74, 6) is 0.466. The first kappa shape index (κ1) is 13.4. The summed E-state index contributed by atoms with van der Waals surface area (Å²) in [6.07, 6.45) is 2.36. The molecule has 0 saturated carbocycles. The Morgan fingerprint density at radius 3 is 2.21 bits per heavy atom. The number of amides is 1. The van der Waals surface area contributed by atoms with Gasteiger partial charge in [0.05, 0.1) is 5.41 Å². The van der Waals surface area contributed by atoms with Crippen molar-refractivity contribution in [2.45, 2.75) is 40.5 Å². The molecule has 0 aliphatic rings. The van der Waals surface area contributed by atoms with Gasteiger partial charge in [-0.25, -0.2) is 0 Å². The molecule has 14 heavy (non-hydrogen) atoms. The fourth-order valence-corrected chi connectivity index (χ4v) is 1.25. The predicted octanol–water partition coefficient (Wildman–Crippen LogP) is 1.52. The van der Waals surface area contributed by atoms with E-state index in [-0.39, 0.29) is 5.91 Å². The smallest absolute Gasteiger partial charge is 0.224 e. The monoisotopic (exact) mass is 200 g/mol. The van der Waals surface area contributed by atoms with Gasteiger partial charge in [0.2, 0.25) is 5.91 Å². The van der Waals surface area contributed by atoms with Gasteiger partial charge in [0, 0.05) is 6.54 Å². The molecular weight excluding hydrogens is 176 g/mol. The molecule has 0 rings (SSSR count). The number of carbonyl (C=O) groups excluding carboxylic acids is 1. The highest BCUT2D eigenvalue weighted by atomic mass is 16.1. The molecular formula is C11H24N2O. The first-order chi connectivity index (χ1) is 6.44. The number of primary amides is 1. The maximum Gasteiger partial charge on any atom is 0.224 e. The highest BCUT2D eigenvalue weighted by molar-refractivity contribution is 5.80. The van der Waals surface area contributed by atoms with Gasteiger partial charge in [-0.3, -0.25) is 4.79 Å². The number of hydrogen-bond donors (Lipinski definition) is 2. The SMILES string of the molecule is CCC(CC)CNCC(C)(C)C(N)=O. The van der Waals surface area contributed by atoms with Crippen LogP contribution in [0.4, 0.5) is 0 Å². The lowest BCUT2D eigenvalue weighted by Crippen LogP contribution is -2.41. The second kappa shape index (κ2) is 6.02. The lowest BCUT2D eigenvalue weighted by atomic mass is 9.92. The zero-order valence-corrected chi connectivity index (χ0v) is 9.89. The minimum Gasteiger partial charge on any atom is -0.369 e. The van der Waals surface area contributed by atoms with Crippen LogP contribution in [0, 0.1) is 11.3 Å². The molecule has 0 aliphatic carbocycles. The first-order valence-corrected chi connectivity index (χ1v) is 5.44. The third-order valence-electron chi connectivity index (χ3n) is 2.82. The second-order valence-corrected chi connectivity index (χ2v) is 4.56. The molecule has 84 valence electrons. The highest BCUT2D eigenvalue weighted by Crippen LogP contribution is 2.12. The molecule has 0 aliphatic heterocycles. The van der Waals surface area contributed by atoms with Crippen molar-refractivity contribution in [3.05, 3.63) is 0 Å². The Bertz CT molecular complexity index is 174. The van der Waals surface area contributed by atoms with Gasteiger partial charge in [-0.1, -0.05) is 26.7 Å². The molecule has 0 bridgehead atoms. The van der Waals surface area contributed by atoms with Gasteiger partial charge in [0.25, 0.3) is 0 Å². The van der Waals surface area contributed by atoms with Crippen LogP contribution in [0.15, 0.2) is 0 Å². The summed E-state index contributed by atoms with van der Waals surface area (Å²) < 4.78 is 0. The summed E-state index contributed by atoms with van der Waals surface area (Å²) in [6.45, 7) is 9.76. The molecule has 0 saturated heterocycles. The summed E-state index contributed by atoms with van der Waals surface area (Å²) in [5.41, 5.74) is 4.83. The number of hydrogen-bond acceptors (Lipinski definition) is 2.